The molecule has 1 unspecified atom stereocenters. The lowest BCUT2D eigenvalue weighted by Crippen LogP contribution is -2.15. The Morgan fingerprint density at radius 1 is 1.47 bits per heavy atom. The molecule has 0 aliphatic heterocycles. The van der Waals surface area contributed by atoms with Crippen LogP contribution in [0.4, 0.5) is 0 Å². The minimum atomic E-state index is -0.570. The minimum absolute atomic E-state index is 0.107. The maximum atomic E-state index is 11.4. The van der Waals surface area contributed by atoms with Gasteiger partial charge in [0.05, 0.1) is 12.7 Å². The molecule has 0 spiro atoms. The van der Waals surface area contributed by atoms with E-state index < -0.39 is 12.1 Å². The molecule has 1 atom stereocenters. The van der Waals surface area contributed by atoms with Gasteiger partial charge in [0.25, 0.3) is 0 Å². The van der Waals surface area contributed by atoms with Crippen molar-refractivity contribution >= 4 is 5.97 Å². The first-order chi connectivity index (χ1) is 8.20. The Hall–Kier alpha value is -2.05. The van der Waals surface area contributed by atoms with Crippen LogP contribution in [0.3, 0.4) is 0 Å². The highest BCUT2D eigenvalue weighted by atomic mass is 16.5. The maximum Gasteiger partial charge on any atom is 0.336 e. The van der Waals surface area contributed by atoms with E-state index in [2.05, 4.69) is 17.2 Å². The van der Waals surface area contributed by atoms with Crippen LogP contribution in [0.15, 0.2) is 42.5 Å². The van der Waals surface area contributed by atoms with Crippen molar-refractivity contribution in [2.24, 2.45) is 0 Å². The molecule has 0 aliphatic rings. The fourth-order valence-electron chi connectivity index (χ4n) is 1.40. The van der Waals surface area contributed by atoms with Crippen LogP contribution in [0.1, 0.15) is 11.7 Å². The van der Waals surface area contributed by atoms with E-state index >= 15 is 0 Å². The van der Waals surface area contributed by atoms with Crippen LogP contribution in [0.2, 0.25) is 0 Å². The Balaban J connectivity index is 2.93. The Labute approximate surface area is 101 Å². The van der Waals surface area contributed by atoms with Gasteiger partial charge in [0.15, 0.2) is 0 Å². The van der Waals surface area contributed by atoms with Gasteiger partial charge in [-0.3, -0.25) is 0 Å². The van der Waals surface area contributed by atoms with E-state index in [1.165, 1.54) is 7.11 Å². The quantitative estimate of drug-likeness (QED) is 0.441. The molecular weight excluding hydrogens is 216 g/mol. The van der Waals surface area contributed by atoms with Gasteiger partial charge >= 0.3 is 5.97 Å². The highest BCUT2D eigenvalue weighted by Crippen LogP contribution is 2.25. The molecule has 0 fully saturated rings. The molecule has 0 N–H and O–H groups in total. The summed E-state index contributed by atoms with van der Waals surface area (Å²) in [6.07, 6.45) is 4.57. The van der Waals surface area contributed by atoms with Gasteiger partial charge in [0.2, 0.25) is 0 Å². The standard InChI is InChI=1S/C14H14O3/c1-4-10-17-13(11(2)14(15)16-3)12-8-6-5-7-9-12/h1,5-9,13H,2,10H2,3H3. The summed E-state index contributed by atoms with van der Waals surface area (Å²) in [6.45, 7) is 3.79. The van der Waals surface area contributed by atoms with Crippen LogP contribution in [0.5, 0.6) is 0 Å². The molecule has 0 saturated heterocycles. The lowest BCUT2D eigenvalue weighted by Gasteiger charge is -2.17. The molecule has 1 aromatic rings. The average molecular weight is 230 g/mol. The number of methoxy groups -OCH3 is 1. The third kappa shape index (κ3) is 3.47. The fraction of sp³-hybridized carbons (Fsp3) is 0.214. The molecule has 1 aromatic carbocycles. The van der Waals surface area contributed by atoms with Gasteiger partial charge in [-0.25, -0.2) is 4.79 Å². The van der Waals surface area contributed by atoms with Crippen molar-refractivity contribution in [1.29, 1.82) is 0 Å². The van der Waals surface area contributed by atoms with E-state index in [0.29, 0.717) is 0 Å². The number of hydrogen-bond acceptors (Lipinski definition) is 3. The topological polar surface area (TPSA) is 35.5 Å². The van der Waals surface area contributed by atoms with E-state index in [-0.39, 0.29) is 12.2 Å². The molecule has 0 radical (unpaired) electrons. The smallest absolute Gasteiger partial charge is 0.336 e. The first-order valence-corrected chi connectivity index (χ1v) is 5.07. The second kappa shape index (κ2) is 6.51. The summed E-state index contributed by atoms with van der Waals surface area (Å²) >= 11 is 0. The summed E-state index contributed by atoms with van der Waals surface area (Å²) < 4.78 is 10.0. The van der Waals surface area contributed by atoms with Crippen molar-refractivity contribution in [2.45, 2.75) is 6.10 Å². The van der Waals surface area contributed by atoms with Crippen molar-refractivity contribution in [1.82, 2.24) is 0 Å². The summed E-state index contributed by atoms with van der Waals surface area (Å²) in [6, 6.07) is 9.27. The van der Waals surface area contributed by atoms with Crippen LogP contribution < -0.4 is 0 Å². The van der Waals surface area contributed by atoms with Crippen LogP contribution in [0, 0.1) is 12.3 Å². The Morgan fingerprint density at radius 2 is 2.12 bits per heavy atom. The predicted molar refractivity (Wildman–Crippen MR) is 65.1 cm³/mol. The molecule has 0 heterocycles. The summed E-state index contributed by atoms with van der Waals surface area (Å²) in [7, 11) is 1.30. The number of carbonyl (C=O) groups excluding carboxylic acids is 1. The number of rotatable bonds is 5. The van der Waals surface area contributed by atoms with Gasteiger partial charge in [-0.2, -0.15) is 0 Å². The van der Waals surface area contributed by atoms with Gasteiger partial charge in [0.1, 0.15) is 12.7 Å². The van der Waals surface area contributed by atoms with Crippen LogP contribution in [-0.2, 0) is 14.3 Å². The zero-order valence-electron chi connectivity index (χ0n) is 9.68. The molecule has 0 aromatic heterocycles. The van der Waals surface area contributed by atoms with Gasteiger partial charge in [-0.05, 0) is 5.56 Å². The monoisotopic (exact) mass is 230 g/mol. The molecule has 3 nitrogen and oxygen atoms in total. The molecule has 1 rings (SSSR count). The Kier molecular flexibility index (Phi) is 4.99. The molecular formula is C14H14O3. The summed E-state index contributed by atoms with van der Waals surface area (Å²) in [5, 5.41) is 0. The second-order valence-corrected chi connectivity index (χ2v) is 3.32. The third-order valence-electron chi connectivity index (χ3n) is 2.20. The number of terminal acetylenes is 1. The predicted octanol–water partition coefficient (Wildman–Crippen LogP) is 2.11. The van der Waals surface area contributed by atoms with Gasteiger partial charge < -0.3 is 9.47 Å². The highest BCUT2D eigenvalue weighted by Gasteiger charge is 2.21. The van der Waals surface area contributed by atoms with Crippen LogP contribution >= 0.6 is 0 Å². The van der Waals surface area contributed by atoms with E-state index in [1.54, 1.807) is 0 Å². The molecule has 0 amide bonds. The highest BCUT2D eigenvalue weighted by molar-refractivity contribution is 5.89. The number of esters is 1. The van der Waals surface area contributed by atoms with Crippen molar-refractivity contribution in [3.8, 4) is 12.3 Å². The average Bonchev–Trinajstić information content (AvgIpc) is 2.39. The Morgan fingerprint density at radius 3 is 2.65 bits per heavy atom. The SMILES string of the molecule is C#CCOC(C(=C)C(=O)OC)c1ccccc1. The lowest BCUT2D eigenvalue weighted by atomic mass is 10.0. The fourth-order valence-corrected chi connectivity index (χ4v) is 1.40. The summed E-state index contributed by atoms with van der Waals surface area (Å²) in [5.41, 5.74) is 1.05. The summed E-state index contributed by atoms with van der Waals surface area (Å²) in [4.78, 5) is 11.4. The van der Waals surface area contributed by atoms with E-state index in [0.717, 1.165) is 5.56 Å². The Bertz CT molecular complexity index is 429. The number of carbonyl (C=O) groups is 1. The van der Waals surface area contributed by atoms with E-state index in [1.807, 2.05) is 30.3 Å². The number of benzene rings is 1. The molecule has 0 saturated carbocycles. The maximum absolute atomic E-state index is 11.4. The largest absolute Gasteiger partial charge is 0.466 e. The lowest BCUT2D eigenvalue weighted by molar-refractivity contribution is -0.137. The van der Waals surface area contributed by atoms with Crippen LogP contribution in [0.25, 0.3) is 0 Å². The normalized spacial score (nSPS) is 11.3. The van der Waals surface area contributed by atoms with E-state index in [4.69, 9.17) is 11.2 Å². The molecule has 17 heavy (non-hydrogen) atoms. The third-order valence-corrected chi connectivity index (χ3v) is 2.20. The zero-order valence-corrected chi connectivity index (χ0v) is 9.68. The van der Waals surface area contributed by atoms with Gasteiger partial charge in [-0.15, -0.1) is 6.42 Å². The number of hydrogen-bond donors (Lipinski definition) is 0. The van der Waals surface area contributed by atoms with Crippen molar-refractivity contribution < 1.29 is 14.3 Å². The molecule has 0 bridgehead atoms. The minimum Gasteiger partial charge on any atom is -0.466 e. The number of ether oxygens (including phenoxy) is 2. The molecule has 0 aliphatic carbocycles. The molecule has 3 heteroatoms. The zero-order chi connectivity index (χ0) is 12.7. The van der Waals surface area contributed by atoms with Crippen molar-refractivity contribution in [3.05, 3.63) is 48.0 Å². The van der Waals surface area contributed by atoms with E-state index in [9.17, 15) is 4.79 Å². The summed E-state index contributed by atoms with van der Waals surface area (Å²) in [5.74, 6) is 1.86. The van der Waals surface area contributed by atoms with Crippen LogP contribution in [-0.4, -0.2) is 19.7 Å². The van der Waals surface area contributed by atoms with Crippen molar-refractivity contribution in [2.75, 3.05) is 13.7 Å². The molecule has 88 valence electrons. The first kappa shape index (κ1) is 13.0. The first-order valence-electron chi connectivity index (χ1n) is 5.07. The second-order valence-electron chi connectivity index (χ2n) is 3.32. The van der Waals surface area contributed by atoms with Gasteiger partial charge in [-0.1, -0.05) is 42.8 Å². The van der Waals surface area contributed by atoms with Crippen molar-refractivity contribution in [3.63, 3.8) is 0 Å². The van der Waals surface area contributed by atoms with Gasteiger partial charge in [0, 0.05) is 0 Å².